The van der Waals surface area contributed by atoms with Gasteiger partial charge in [0.05, 0.1) is 14.3 Å². The van der Waals surface area contributed by atoms with Crippen molar-refractivity contribution < 1.29 is 10.0 Å². The Morgan fingerprint density at radius 3 is 1.15 bits per heavy atom. The van der Waals surface area contributed by atoms with Crippen LogP contribution in [0, 0.1) is 2.88 Å². The molecule has 2 N–H and O–H groups in total. The summed E-state index contributed by atoms with van der Waals surface area (Å²) in [6.45, 7) is 26.6. The summed E-state index contributed by atoms with van der Waals surface area (Å²) in [5.74, 6) is 0. The molecule has 0 saturated carbocycles. The van der Waals surface area contributed by atoms with Gasteiger partial charge in [-0.05, 0) is 102 Å². The second-order valence-electron chi connectivity index (χ2n) is 20.0. The summed E-state index contributed by atoms with van der Waals surface area (Å²) in [7, 11) is -1.37. The van der Waals surface area contributed by atoms with Crippen molar-refractivity contribution in [2.45, 2.75) is 105 Å². The molecule has 0 spiro atoms. The van der Waals surface area contributed by atoms with E-state index in [0.717, 1.165) is 11.4 Å². The number of nitrogens with zero attached hydrogens (tertiary/aromatic N) is 2. The summed E-state index contributed by atoms with van der Waals surface area (Å²) in [6.07, 6.45) is 3.83. The molecule has 4 aromatic carbocycles. The van der Waals surface area contributed by atoms with E-state index in [0.29, 0.717) is 5.46 Å². The van der Waals surface area contributed by atoms with Crippen molar-refractivity contribution in [2.75, 3.05) is 0 Å². The molecule has 0 aliphatic heterocycles. The lowest BCUT2D eigenvalue weighted by Gasteiger charge is -2.19. The lowest BCUT2D eigenvalue weighted by molar-refractivity contribution is 0.425. The van der Waals surface area contributed by atoms with Crippen molar-refractivity contribution in [3.63, 3.8) is 0 Å². The lowest BCUT2D eigenvalue weighted by atomic mass is 9.78. The van der Waals surface area contributed by atoms with Gasteiger partial charge in [0.25, 0.3) is 0 Å². The average molecular weight is 971 g/mol. The summed E-state index contributed by atoms with van der Waals surface area (Å²) in [4.78, 5) is 10.6. The fourth-order valence-corrected chi connectivity index (χ4v) is 9.91. The molecule has 8 aromatic rings. The summed E-state index contributed by atoms with van der Waals surface area (Å²) >= 11 is 6.03. The molecule has 0 atom stereocenters. The van der Waals surface area contributed by atoms with E-state index in [4.69, 9.17) is 15.0 Å². The maximum absolute atomic E-state index is 8.87. The van der Waals surface area contributed by atoms with Gasteiger partial charge >= 0.3 is 7.12 Å². The molecule has 62 heavy (non-hydrogen) atoms. The van der Waals surface area contributed by atoms with Crippen LogP contribution in [0.4, 0.5) is 0 Å². The molecule has 0 saturated heterocycles. The number of hydrogen-bond donors (Lipinski definition) is 2. The van der Waals surface area contributed by atoms with Crippen LogP contribution in [0.2, 0.25) is 0 Å². The predicted molar refractivity (Wildman–Crippen MR) is 279 cm³/mol. The Bertz CT molecular complexity index is 2730. The topological polar surface area (TPSA) is 66.2 Å². The van der Waals surface area contributed by atoms with Crippen LogP contribution in [-0.2, 0) is 21.7 Å². The van der Waals surface area contributed by atoms with E-state index in [-0.39, 0.29) is 21.7 Å². The van der Waals surface area contributed by atoms with Crippen molar-refractivity contribution >= 4 is 78.0 Å². The van der Waals surface area contributed by atoms with E-state index < -0.39 is 7.12 Å². The van der Waals surface area contributed by atoms with Crippen LogP contribution in [0.25, 0.3) is 53.1 Å². The van der Waals surface area contributed by atoms with Gasteiger partial charge in [-0.2, -0.15) is 0 Å². The van der Waals surface area contributed by atoms with Crippen LogP contribution < -0.4 is 5.46 Å². The zero-order valence-electron chi connectivity index (χ0n) is 38.3. The highest BCUT2D eigenvalue weighted by Gasteiger charge is 2.19. The molecule has 4 heterocycles. The standard InChI is InChI=1S/C27H29NS.C17H16INS.C10H15BO2/c1-26(2,3)20-11-7-18(8-12-20)24-17-22-23(29-24)15-16-28-25(22)19-9-13-21(14-10-19)27(4,5)6;1-17(2,3)12-6-4-11(5-7-12)16-13-10-15(18)20-14(13)8-9-19-16;1-10(2,3)8-4-6-9(7-5-8)11(12)13/h7-17H,1-6H3;4-10H,1-3H3;4-7,12-13H,1-3H3. The zero-order chi connectivity index (χ0) is 45.2. The second-order valence-corrected chi connectivity index (χ2v) is 24.1. The minimum atomic E-state index is -1.37. The van der Waals surface area contributed by atoms with E-state index in [1.54, 1.807) is 12.1 Å². The maximum atomic E-state index is 8.87. The number of benzene rings is 4. The quantitative estimate of drug-likeness (QED) is 0.136. The minimum Gasteiger partial charge on any atom is -0.423 e. The van der Waals surface area contributed by atoms with Crippen molar-refractivity contribution in [1.82, 2.24) is 9.97 Å². The molecule has 0 fully saturated rings. The Labute approximate surface area is 391 Å². The molecule has 0 aliphatic carbocycles. The number of rotatable bonds is 4. The summed E-state index contributed by atoms with van der Waals surface area (Å²) in [5.41, 5.74) is 12.2. The molecule has 320 valence electrons. The molecule has 8 rings (SSSR count). The number of fused-ring (bicyclic) bond motifs is 2. The molecule has 0 radical (unpaired) electrons. The molecular weight excluding hydrogens is 910 g/mol. The first-order valence-electron chi connectivity index (χ1n) is 21.2. The molecular formula is C54H60BIN2O2S2. The summed E-state index contributed by atoms with van der Waals surface area (Å²) in [5, 5.41) is 20.2. The number of hydrogen-bond acceptors (Lipinski definition) is 6. The third-order valence-corrected chi connectivity index (χ3v) is 14.0. The Balaban J connectivity index is 0.000000168. The maximum Gasteiger partial charge on any atom is 0.488 e. The predicted octanol–water partition coefficient (Wildman–Crippen LogP) is 14.8. The van der Waals surface area contributed by atoms with Gasteiger partial charge in [0.15, 0.2) is 0 Å². The first-order chi connectivity index (χ1) is 29.0. The highest BCUT2D eigenvalue weighted by Crippen LogP contribution is 2.39. The van der Waals surface area contributed by atoms with Crippen LogP contribution in [-0.4, -0.2) is 27.1 Å². The highest BCUT2D eigenvalue weighted by atomic mass is 127. The van der Waals surface area contributed by atoms with Gasteiger partial charge in [0.2, 0.25) is 0 Å². The SMILES string of the molecule is CC(C)(C)c1ccc(-c2cc3c(-c4ccc(C(C)(C)C)cc4)nccc3s2)cc1.CC(C)(C)c1ccc(-c2nccc3sc(I)cc23)cc1.CC(C)(C)c1ccc(B(O)O)cc1. The minimum absolute atomic E-state index is 0.110. The Morgan fingerprint density at radius 1 is 0.435 bits per heavy atom. The molecule has 0 amide bonds. The summed E-state index contributed by atoms with van der Waals surface area (Å²) in [6, 6.07) is 42.8. The van der Waals surface area contributed by atoms with Gasteiger partial charge in [-0.15, -0.1) is 22.7 Å². The van der Waals surface area contributed by atoms with Crippen LogP contribution in [0.3, 0.4) is 0 Å². The monoisotopic (exact) mass is 970 g/mol. The van der Waals surface area contributed by atoms with Gasteiger partial charge < -0.3 is 10.0 Å². The van der Waals surface area contributed by atoms with Gasteiger partial charge in [0.1, 0.15) is 0 Å². The van der Waals surface area contributed by atoms with Gasteiger partial charge in [-0.25, -0.2) is 0 Å². The molecule has 4 nitrogen and oxygen atoms in total. The number of halogens is 1. The Morgan fingerprint density at radius 2 is 0.774 bits per heavy atom. The van der Waals surface area contributed by atoms with Crippen molar-refractivity contribution in [3.8, 4) is 33.0 Å². The smallest absolute Gasteiger partial charge is 0.423 e. The van der Waals surface area contributed by atoms with Gasteiger partial charge in [-0.3, -0.25) is 9.97 Å². The fourth-order valence-electron chi connectivity index (χ4n) is 7.04. The second kappa shape index (κ2) is 18.9. The van der Waals surface area contributed by atoms with Crippen LogP contribution in [0.5, 0.6) is 0 Å². The Hall–Kier alpha value is -4.19. The number of pyridine rings is 2. The fraction of sp³-hybridized carbons (Fsp3) is 0.296. The first kappa shape index (κ1) is 47.3. The molecule has 8 heteroatoms. The third kappa shape index (κ3) is 11.7. The number of aromatic nitrogens is 2. The molecule has 0 aliphatic rings. The van der Waals surface area contributed by atoms with Crippen molar-refractivity contribution in [2.24, 2.45) is 0 Å². The normalized spacial score (nSPS) is 12.1. The first-order valence-corrected chi connectivity index (χ1v) is 23.9. The zero-order valence-corrected chi connectivity index (χ0v) is 42.1. The van der Waals surface area contributed by atoms with Gasteiger partial charge in [-0.1, -0.05) is 180 Å². The number of thiophene rings is 2. The van der Waals surface area contributed by atoms with Crippen molar-refractivity contribution in [1.29, 1.82) is 0 Å². The lowest BCUT2D eigenvalue weighted by Crippen LogP contribution is -2.29. The van der Waals surface area contributed by atoms with Crippen molar-refractivity contribution in [3.05, 3.63) is 159 Å². The third-order valence-electron chi connectivity index (χ3n) is 11.0. The molecule has 0 bridgehead atoms. The highest BCUT2D eigenvalue weighted by molar-refractivity contribution is 14.1. The average Bonchev–Trinajstić information content (AvgIpc) is 3.83. The van der Waals surface area contributed by atoms with Crippen LogP contribution in [0.15, 0.2) is 134 Å². The van der Waals surface area contributed by atoms with E-state index in [1.165, 1.54) is 66.9 Å². The van der Waals surface area contributed by atoms with Crippen LogP contribution >= 0.6 is 45.3 Å². The van der Waals surface area contributed by atoms with E-state index >= 15 is 0 Å². The molecule has 0 unspecified atom stereocenters. The van der Waals surface area contributed by atoms with E-state index in [1.807, 2.05) is 47.2 Å². The Kier molecular flexibility index (Phi) is 14.4. The van der Waals surface area contributed by atoms with Gasteiger partial charge in [0, 0.05) is 48.6 Å². The largest absolute Gasteiger partial charge is 0.488 e. The summed E-state index contributed by atoms with van der Waals surface area (Å²) < 4.78 is 3.89. The van der Waals surface area contributed by atoms with Crippen LogP contribution in [0.1, 0.15) is 105 Å². The van der Waals surface area contributed by atoms with E-state index in [9.17, 15) is 0 Å². The molecule has 4 aromatic heterocycles. The van der Waals surface area contributed by atoms with E-state index in [2.05, 4.69) is 208 Å².